The van der Waals surface area contributed by atoms with Crippen molar-refractivity contribution in [2.45, 2.75) is 13.8 Å². The van der Waals surface area contributed by atoms with Gasteiger partial charge in [-0.2, -0.15) is 5.10 Å². The highest BCUT2D eigenvalue weighted by Gasteiger charge is 2.20. The number of aromatic nitrogens is 3. The van der Waals surface area contributed by atoms with Gasteiger partial charge in [0.2, 0.25) is 0 Å². The van der Waals surface area contributed by atoms with E-state index in [1.54, 1.807) is 41.1 Å². The molecule has 0 bridgehead atoms. The molecule has 3 aromatic carbocycles. The number of benzene rings is 3. The van der Waals surface area contributed by atoms with Crippen molar-refractivity contribution in [1.29, 1.82) is 0 Å². The zero-order valence-electron chi connectivity index (χ0n) is 19.2. The summed E-state index contributed by atoms with van der Waals surface area (Å²) >= 11 is 5.97. The van der Waals surface area contributed by atoms with E-state index < -0.39 is 0 Å². The molecule has 0 atom stereocenters. The van der Waals surface area contributed by atoms with Crippen molar-refractivity contribution in [2.24, 2.45) is 0 Å². The Morgan fingerprint density at radius 2 is 1.60 bits per heavy atom. The lowest BCUT2D eigenvalue weighted by atomic mass is 10.2. The minimum atomic E-state index is -0.299. The summed E-state index contributed by atoms with van der Waals surface area (Å²) < 4.78 is 18.1. The van der Waals surface area contributed by atoms with Gasteiger partial charge in [0.25, 0.3) is 5.91 Å². The number of amides is 1. The monoisotopic (exact) mass is 484 g/mol. The standard InChI is InChI=1S/C28H22ClFN4O/c1-18-16-23(19(2)33(18)26-11-7-6-10-24(26)30)25-17-27(34(32-25)22-8-4-3-5-9-22)31-28(35)20-12-14-21(29)15-13-20/h3-17H,1-2H3,(H,31,35). The molecule has 5 aromatic rings. The van der Waals surface area contributed by atoms with Gasteiger partial charge in [0.15, 0.2) is 0 Å². The van der Waals surface area contributed by atoms with Crippen LogP contribution < -0.4 is 5.32 Å². The molecule has 0 aliphatic rings. The summed E-state index contributed by atoms with van der Waals surface area (Å²) in [5.74, 6) is -0.0597. The third-order valence-corrected chi connectivity index (χ3v) is 6.11. The number of halogens is 2. The van der Waals surface area contributed by atoms with E-state index in [2.05, 4.69) is 5.32 Å². The molecule has 0 unspecified atom stereocenters. The molecule has 174 valence electrons. The highest BCUT2D eigenvalue weighted by atomic mass is 35.5. The van der Waals surface area contributed by atoms with Crippen LogP contribution in [0.5, 0.6) is 0 Å². The molecule has 2 aromatic heterocycles. The van der Waals surface area contributed by atoms with Gasteiger partial charge in [0.1, 0.15) is 11.6 Å². The van der Waals surface area contributed by atoms with Gasteiger partial charge >= 0.3 is 0 Å². The van der Waals surface area contributed by atoms with Gasteiger partial charge < -0.3 is 9.88 Å². The molecule has 2 heterocycles. The van der Waals surface area contributed by atoms with Crippen molar-refractivity contribution in [3.8, 4) is 22.6 Å². The fourth-order valence-corrected chi connectivity index (χ4v) is 4.31. The Labute approximate surface area is 207 Å². The molecule has 0 aliphatic carbocycles. The van der Waals surface area contributed by atoms with E-state index in [0.717, 1.165) is 22.6 Å². The third kappa shape index (κ3) is 4.36. The predicted octanol–water partition coefficient (Wildman–Crippen LogP) is 6.99. The van der Waals surface area contributed by atoms with E-state index in [4.69, 9.17) is 16.7 Å². The second kappa shape index (κ2) is 9.24. The number of aryl methyl sites for hydroxylation is 1. The summed E-state index contributed by atoms with van der Waals surface area (Å²) in [5.41, 5.74) is 5.00. The van der Waals surface area contributed by atoms with Crippen molar-refractivity contribution in [3.05, 3.63) is 119 Å². The molecule has 7 heteroatoms. The Morgan fingerprint density at radius 3 is 2.31 bits per heavy atom. The first-order chi connectivity index (χ1) is 16.9. The molecule has 0 saturated carbocycles. The molecule has 1 N–H and O–H groups in total. The van der Waals surface area contributed by atoms with E-state index in [9.17, 15) is 9.18 Å². The van der Waals surface area contributed by atoms with Crippen molar-refractivity contribution >= 4 is 23.3 Å². The van der Waals surface area contributed by atoms with Crippen molar-refractivity contribution in [2.75, 3.05) is 5.32 Å². The molecule has 0 spiro atoms. The first-order valence-electron chi connectivity index (χ1n) is 11.1. The van der Waals surface area contributed by atoms with E-state index in [1.807, 2.05) is 66.9 Å². The van der Waals surface area contributed by atoms with Crippen LogP contribution in [0.3, 0.4) is 0 Å². The quantitative estimate of drug-likeness (QED) is 0.292. The Kier molecular flexibility index (Phi) is 5.97. The van der Waals surface area contributed by atoms with Crippen LogP contribution >= 0.6 is 11.6 Å². The summed E-state index contributed by atoms with van der Waals surface area (Å²) in [5, 5.41) is 8.34. The Hall–Kier alpha value is -4.16. The second-order valence-corrected chi connectivity index (χ2v) is 8.63. The maximum absolute atomic E-state index is 14.6. The molecule has 0 radical (unpaired) electrons. The number of anilines is 1. The molecular formula is C28H22ClFN4O. The summed E-state index contributed by atoms with van der Waals surface area (Å²) in [4.78, 5) is 13.0. The minimum Gasteiger partial charge on any atom is -0.315 e. The first kappa shape index (κ1) is 22.6. The number of carbonyl (C=O) groups is 1. The lowest BCUT2D eigenvalue weighted by Crippen LogP contribution is -2.15. The van der Waals surface area contributed by atoms with Crippen LogP contribution in [0.25, 0.3) is 22.6 Å². The molecule has 5 rings (SSSR count). The topological polar surface area (TPSA) is 51.9 Å². The highest BCUT2D eigenvalue weighted by molar-refractivity contribution is 6.30. The molecule has 1 amide bonds. The lowest BCUT2D eigenvalue weighted by molar-refractivity contribution is 0.102. The number of carbonyl (C=O) groups excluding carboxylic acids is 1. The predicted molar refractivity (Wildman–Crippen MR) is 137 cm³/mol. The van der Waals surface area contributed by atoms with Crippen LogP contribution in [0.15, 0.2) is 91.0 Å². The Balaban J connectivity index is 1.59. The first-order valence-corrected chi connectivity index (χ1v) is 11.5. The highest BCUT2D eigenvalue weighted by Crippen LogP contribution is 2.32. The van der Waals surface area contributed by atoms with Gasteiger partial charge in [-0.05, 0) is 68.4 Å². The fourth-order valence-electron chi connectivity index (χ4n) is 4.18. The fraction of sp³-hybridized carbons (Fsp3) is 0.0714. The molecule has 0 fully saturated rings. The molecule has 0 saturated heterocycles. The van der Waals surface area contributed by atoms with Crippen LogP contribution in [0, 0.1) is 19.7 Å². The van der Waals surface area contributed by atoms with Gasteiger partial charge in [-0.25, -0.2) is 9.07 Å². The third-order valence-electron chi connectivity index (χ3n) is 5.86. The van der Waals surface area contributed by atoms with Crippen molar-refractivity contribution < 1.29 is 9.18 Å². The smallest absolute Gasteiger partial charge is 0.256 e. The second-order valence-electron chi connectivity index (χ2n) is 8.19. The Bertz CT molecular complexity index is 1520. The number of nitrogens with one attached hydrogen (secondary N) is 1. The van der Waals surface area contributed by atoms with Gasteiger partial charge in [0.05, 0.1) is 17.1 Å². The largest absolute Gasteiger partial charge is 0.315 e. The van der Waals surface area contributed by atoms with Crippen LogP contribution in [0.2, 0.25) is 5.02 Å². The van der Waals surface area contributed by atoms with Crippen molar-refractivity contribution in [3.63, 3.8) is 0 Å². The zero-order valence-corrected chi connectivity index (χ0v) is 19.9. The lowest BCUT2D eigenvalue weighted by Gasteiger charge is -2.10. The summed E-state index contributed by atoms with van der Waals surface area (Å²) in [7, 11) is 0. The van der Waals surface area contributed by atoms with Crippen LogP contribution in [0.4, 0.5) is 10.2 Å². The number of nitrogens with zero attached hydrogens (tertiary/aromatic N) is 3. The van der Waals surface area contributed by atoms with E-state index in [1.165, 1.54) is 6.07 Å². The molecular weight excluding hydrogens is 463 g/mol. The average Bonchev–Trinajstić information content (AvgIpc) is 3.40. The number of rotatable bonds is 5. The zero-order chi connectivity index (χ0) is 24.5. The normalized spacial score (nSPS) is 11.0. The van der Waals surface area contributed by atoms with E-state index >= 15 is 0 Å². The maximum Gasteiger partial charge on any atom is 0.256 e. The molecule has 5 nitrogen and oxygen atoms in total. The summed E-state index contributed by atoms with van der Waals surface area (Å²) in [6.07, 6.45) is 0. The number of para-hydroxylation sites is 2. The van der Waals surface area contributed by atoms with E-state index in [0.29, 0.717) is 27.8 Å². The van der Waals surface area contributed by atoms with Crippen molar-refractivity contribution in [1.82, 2.24) is 14.3 Å². The Morgan fingerprint density at radius 1 is 0.914 bits per heavy atom. The van der Waals surface area contributed by atoms with Gasteiger partial charge in [-0.15, -0.1) is 0 Å². The minimum absolute atomic E-state index is 0.276. The molecule has 35 heavy (non-hydrogen) atoms. The molecule has 0 aliphatic heterocycles. The van der Waals surface area contributed by atoms with Gasteiger partial charge in [-0.3, -0.25) is 4.79 Å². The van der Waals surface area contributed by atoms with Crippen LogP contribution in [-0.2, 0) is 0 Å². The van der Waals surface area contributed by atoms with Gasteiger partial charge in [0, 0.05) is 33.6 Å². The number of hydrogen-bond donors (Lipinski definition) is 1. The summed E-state index contributed by atoms with van der Waals surface area (Å²) in [6, 6.07) is 26.7. The van der Waals surface area contributed by atoms with Crippen LogP contribution in [0.1, 0.15) is 21.7 Å². The maximum atomic E-state index is 14.6. The van der Waals surface area contributed by atoms with Crippen LogP contribution in [-0.4, -0.2) is 20.3 Å². The van der Waals surface area contributed by atoms with Gasteiger partial charge in [-0.1, -0.05) is 41.9 Å². The SMILES string of the molecule is Cc1cc(-c2cc(NC(=O)c3ccc(Cl)cc3)n(-c3ccccc3)n2)c(C)n1-c1ccccc1F. The summed E-state index contributed by atoms with van der Waals surface area (Å²) in [6.45, 7) is 3.86. The number of hydrogen-bond acceptors (Lipinski definition) is 2. The van der Waals surface area contributed by atoms with E-state index in [-0.39, 0.29) is 11.7 Å². The average molecular weight is 485 g/mol.